The average molecular weight is 469 g/mol. The maximum atomic E-state index is 12.9. The Balaban J connectivity index is 2.35. The fraction of sp³-hybridized carbons (Fsp3) is 0.350. The summed E-state index contributed by atoms with van der Waals surface area (Å²) < 4.78 is 33.4. The van der Waals surface area contributed by atoms with Crippen LogP contribution in [0.3, 0.4) is 0 Å². The summed E-state index contributed by atoms with van der Waals surface area (Å²) in [5, 5.41) is 2.90. The van der Waals surface area contributed by atoms with E-state index in [0.717, 1.165) is 10.0 Å². The van der Waals surface area contributed by atoms with Crippen molar-refractivity contribution in [2.75, 3.05) is 20.2 Å². The highest BCUT2D eigenvalue weighted by molar-refractivity contribution is 9.10. The minimum Gasteiger partial charge on any atom is -0.495 e. The molecule has 0 fully saturated rings. The zero-order valence-corrected chi connectivity index (χ0v) is 18.8. The number of carbonyl (C=O) groups excluding carboxylic acids is 1. The van der Waals surface area contributed by atoms with E-state index in [0.29, 0.717) is 13.1 Å². The van der Waals surface area contributed by atoms with Gasteiger partial charge < -0.3 is 10.1 Å². The first kappa shape index (κ1) is 22.4. The SMILES string of the molecule is CCN(CC)S(=O)(=O)c1cc(C(=O)NC(C)c2cccc(Br)c2)ccc1OC. The van der Waals surface area contributed by atoms with Crippen LogP contribution in [0.1, 0.15) is 42.7 Å². The molecule has 0 aromatic heterocycles. The Bertz CT molecular complexity index is 943. The van der Waals surface area contributed by atoms with Crippen molar-refractivity contribution >= 4 is 31.9 Å². The number of halogens is 1. The van der Waals surface area contributed by atoms with Gasteiger partial charge in [0, 0.05) is 23.1 Å². The summed E-state index contributed by atoms with van der Waals surface area (Å²) in [6.45, 7) is 6.07. The maximum Gasteiger partial charge on any atom is 0.251 e. The molecule has 1 atom stereocenters. The molecule has 0 bridgehead atoms. The lowest BCUT2D eigenvalue weighted by atomic mass is 10.1. The van der Waals surface area contributed by atoms with Gasteiger partial charge in [0.2, 0.25) is 10.0 Å². The van der Waals surface area contributed by atoms with Crippen LogP contribution in [0.5, 0.6) is 5.75 Å². The van der Waals surface area contributed by atoms with E-state index in [9.17, 15) is 13.2 Å². The number of amides is 1. The van der Waals surface area contributed by atoms with Gasteiger partial charge in [-0.25, -0.2) is 8.42 Å². The number of methoxy groups -OCH3 is 1. The topological polar surface area (TPSA) is 75.7 Å². The van der Waals surface area contributed by atoms with E-state index < -0.39 is 10.0 Å². The van der Waals surface area contributed by atoms with E-state index in [2.05, 4.69) is 21.2 Å². The summed E-state index contributed by atoms with van der Waals surface area (Å²) in [6, 6.07) is 11.8. The molecule has 0 heterocycles. The highest BCUT2D eigenvalue weighted by Gasteiger charge is 2.27. The lowest BCUT2D eigenvalue weighted by Crippen LogP contribution is -2.31. The lowest BCUT2D eigenvalue weighted by Gasteiger charge is -2.21. The molecule has 1 N–H and O–H groups in total. The van der Waals surface area contributed by atoms with Gasteiger partial charge in [-0.2, -0.15) is 4.31 Å². The van der Waals surface area contributed by atoms with Crippen molar-refractivity contribution in [2.24, 2.45) is 0 Å². The molecule has 0 saturated carbocycles. The molecule has 28 heavy (non-hydrogen) atoms. The van der Waals surface area contributed by atoms with E-state index in [-0.39, 0.29) is 28.2 Å². The molecular formula is C20H25BrN2O4S. The summed E-state index contributed by atoms with van der Waals surface area (Å²) in [5.41, 5.74) is 1.20. The van der Waals surface area contributed by atoms with Crippen molar-refractivity contribution in [2.45, 2.75) is 31.7 Å². The van der Waals surface area contributed by atoms with Crippen LogP contribution in [0.15, 0.2) is 51.8 Å². The van der Waals surface area contributed by atoms with Crippen LogP contribution in [-0.2, 0) is 10.0 Å². The van der Waals surface area contributed by atoms with Gasteiger partial charge in [-0.15, -0.1) is 0 Å². The third-order valence-corrected chi connectivity index (χ3v) is 7.01. The normalized spacial score (nSPS) is 12.6. The minimum atomic E-state index is -3.76. The number of ether oxygens (including phenoxy) is 1. The Morgan fingerprint density at radius 1 is 1.18 bits per heavy atom. The molecule has 152 valence electrons. The van der Waals surface area contributed by atoms with Gasteiger partial charge in [0.05, 0.1) is 13.2 Å². The summed E-state index contributed by atoms with van der Waals surface area (Å²) in [6.07, 6.45) is 0. The molecule has 0 spiro atoms. The molecule has 8 heteroatoms. The van der Waals surface area contributed by atoms with Crippen molar-refractivity contribution in [3.63, 3.8) is 0 Å². The Hall–Kier alpha value is -1.90. The van der Waals surface area contributed by atoms with Crippen molar-refractivity contribution in [3.05, 3.63) is 58.1 Å². The van der Waals surface area contributed by atoms with Gasteiger partial charge in [-0.05, 0) is 42.8 Å². The van der Waals surface area contributed by atoms with Crippen LogP contribution in [0, 0.1) is 0 Å². The van der Waals surface area contributed by atoms with Crippen molar-refractivity contribution in [1.82, 2.24) is 9.62 Å². The molecule has 1 amide bonds. The number of nitrogens with one attached hydrogen (secondary N) is 1. The van der Waals surface area contributed by atoms with E-state index in [1.165, 1.54) is 23.5 Å². The van der Waals surface area contributed by atoms with Gasteiger partial charge in [0.15, 0.2) is 0 Å². The predicted octanol–water partition coefficient (Wildman–Crippen LogP) is 3.98. The van der Waals surface area contributed by atoms with E-state index in [4.69, 9.17) is 4.74 Å². The van der Waals surface area contributed by atoms with Gasteiger partial charge >= 0.3 is 0 Å². The maximum absolute atomic E-state index is 12.9. The first-order valence-corrected chi connectivity index (χ1v) is 11.2. The van der Waals surface area contributed by atoms with E-state index >= 15 is 0 Å². The van der Waals surface area contributed by atoms with Gasteiger partial charge in [-0.3, -0.25) is 4.79 Å². The van der Waals surface area contributed by atoms with Gasteiger partial charge in [0.25, 0.3) is 5.91 Å². The second-order valence-corrected chi connectivity index (χ2v) is 9.03. The van der Waals surface area contributed by atoms with Crippen LogP contribution in [-0.4, -0.2) is 38.8 Å². The number of hydrogen-bond acceptors (Lipinski definition) is 4. The molecule has 2 aromatic carbocycles. The zero-order chi connectivity index (χ0) is 20.9. The van der Waals surface area contributed by atoms with Crippen LogP contribution in [0.2, 0.25) is 0 Å². The van der Waals surface area contributed by atoms with Crippen LogP contribution >= 0.6 is 15.9 Å². The summed E-state index contributed by atoms with van der Waals surface area (Å²) >= 11 is 3.42. The largest absolute Gasteiger partial charge is 0.495 e. The Labute approximate surface area is 175 Å². The third-order valence-electron chi connectivity index (χ3n) is 4.45. The standard InChI is InChI=1S/C20H25BrN2O4S/c1-5-23(6-2)28(25,26)19-13-16(10-11-18(19)27-4)20(24)22-14(3)15-8-7-9-17(21)12-15/h7-14H,5-6H2,1-4H3,(H,22,24). The zero-order valence-electron chi connectivity index (χ0n) is 16.4. The molecule has 0 radical (unpaired) electrons. The first-order valence-electron chi connectivity index (χ1n) is 8.99. The van der Waals surface area contributed by atoms with E-state index in [1.54, 1.807) is 19.9 Å². The second kappa shape index (κ2) is 9.54. The summed E-state index contributed by atoms with van der Waals surface area (Å²) in [7, 11) is -2.36. The van der Waals surface area contributed by atoms with Crippen LogP contribution in [0.25, 0.3) is 0 Å². The number of hydrogen-bond donors (Lipinski definition) is 1. The van der Waals surface area contributed by atoms with E-state index in [1.807, 2.05) is 31.2 Å². The molecule has 2 aromatic rings. The molecule has 0 saturated heterocycles. The predicted molar refractivity (Wildman–Crippen MR) is 113 cm³/mol. The minimum absolute atomic E-state index is 0.0125. The highest BCUT2D eigenvalue weighted by atomic mass is 79.9. The van der Waals surface area contributed by atoms with Crippen molar-refractivity contribution < 1.29 is 17.9 Å². The molecular weight excluding hydrogens is 444 g/mol. The van der Waals surface area contributed by atoms with Crippen LogP contribution < -0.4 is 10.1 Å². The fourth-order valence-electron chi connectivity index (χ4n) is 2.86. The quantitative estimate of drug-likeness (QED) is 0.635. The number of benzene rings is 2. The Morgan fingerprint density at radius 3 is 2.43 bits per heavy atom. The first-order chi connectivity index (χ1) is 13.2. The number of rotatable bonds is 8. The highest BCUT2D eigenvalue weighted by Crippen LogP contribution is 2.28. The average Bonchev–Trinajstić information content (AvgIpc) is 2.68. The molecule has 6 nitrogen and oxygen atoms in total. The molecule has 0 aliphatic rings. The number of sulfonamides is 1. The Kier molecular flexibility index (Phi) is 7.63. The monoisotopic (exact) mass is 468 g/mol. The third kappa shape index (κ3) is 4.92. The smallest absolute Gasteiger partial charge is 0.251 e. The molecule has 0 aliphatic carbocycles. The molecule has 2 rings (SSSR count). The number of nitrogens with zero attached hydrogens (tertiary/aromatic N) is 1. The molecule has 0 aliphatic heterocycles. The number of carbonyl (C=O) groups is 1. The second-order valence-electron chi connectivity index (χ2n) is 6.21. The van der Waals surface area contributed by atoms with Gasteiger partial charge in [-0.1, -0.05) is 41.9 Å². The Morgan fingerprint density at radius 2 is 1.86 bits per heavy atom. The van der Waals surface area contributed by atoms with Gasteiger partial charge in [0.1, 0.15) is 10.6 Å². The fourth-order valence-corrected chi connectivity index (χ4v) is 4.92. The van der Waals surface area contributed by atoms with Crippen molar-refractivity contribution in [1.29, 1.82) is 0 Å². The molecule has 1 unspecified atom stereocenters. The lowest BCUT2D eigenvalue weighted by molar-refractivity contribution is 0.0939. The summed E-state index contributed by atoms with van der Waals surface area (Å²) in [4.78, 5) is 12.7. The van der Waals surface area contributed by atoms with Crippen LogP contribution in [0.4, 0.5) is 0 Å². The van der Waals surface area contributed by atoms with Crippen molar-refractivity contribution in [3.8, 4) is 5.75 Å². The summed E-state index contributed by atoms with van der Waals surface area (Å²) in [5.74, 6) is -0.144.